The van der Waals surface area contributed by atoms with Gasteiger partial charge in [-0.25, -0.2) is 0 Å². The lowest BCUT2D eigenvalue weighted by atomic mass is 9.47. The largest absolute Gasteiger partial charge is 0.393 e. The highest BCUT2D eigenvalue weighted by molar-refractivity contribution is 5.25. The van der Waals surface area contributed by atoms with E-state index in [0.29, 0.717) is 16.7 Å². The Hall–Kier alpha value is -0.380. The Morgan fingerprint density at radius 1 is 1.00 bits per heavy atom. The number of hydrogen-bond acceptors (Lipinski definition) is 3. The minimum absolute atomic E-state index is 0.0987. The maximum Gasteiger partial charge on any atom is 0.170 e. The number of ether oxygens (including phenoxy) is 2. The average Bonchev–Trinajstić information content (AvgIpc) is 3.37. The lowest BCUT2D eigenvalue weighted by molar-refractivity contribution is -0.195. The molecule has 0 amide bonds. The summed E-state index contributed by atoms with van der Waals surface area (Å²) in [5, 5.41) is 10.3. The van der Waals surface area contributed by atoms with Crippen LogP contribution in [0.15, 0.2) is 11.6 Å². The minimum atomic E-state index is -0.338. The summed E-state index contributed by atoms with van der Waals surface area (Å²) in [7, 11) is 0. The summed E-state index contributed by atoms with van der Waals surface area (Å²) in [6.45, 7) is 13.7. The highest BCUT2D eigenvalue weighted by Crippen LogP contribution is 2.67. The lowest BCUT2D eigenvalue weighted by Gasteiger charge is -2.58. The van der Waals surface area contributed by atoms with Gasteiger partial charge in [0.25, 0.3) is 0 Å². The van der Waals surface area contributed by atoms with Crippen molar-refractivity contribution in [1.29, 1.82) is 0 Å². The van der Waals surface area contributed by atoms with E-state index in [-0.39, 0.29) is 11.9 Å². The fourth-order valence-corrected chi connectivity index (χ4v) is 9.48. The zero-order valence-electron chi connectivity index (χ0n) is 21.4. The predicted octanol–water partition coefficient (Wildman–Crippen LogP) is 6.74. The molecular weight excluding hydrogens is 396 g/mol. The SMILES string of the molecule is CC(C)C1(CC[C@@H](C)[C@H]2CC[C@H]3[C@@H]4CC=C5CC(O)CC[C@]5(C)[C@H]4CC[C@]23C)OCCO1. The summed E-state index contributed by atoms with van der Waals surface area (Å²) >= 11 is 0. The summed E-state index contributed by atoms with van der Waals surface area (Å²) in [6, 6.07) is 0. The van der Waals surface area contributed by atoms with Crippen molar-refractivity contribution in [3.8, 4) is 0 Å². The van der Waals surface area contributed by atoms with Crippen LogP contribution in [0.3, 0.4) is 0 Å². The van der Waals surface area contributed by atoms with Gasteiger partial charge < -0.3 is 14.6 Å². The van der Waals surface area contributed by atoms with E-state index in [4.69, 9.17) is 9.47 Å². The normalized spacial score (nSPS) is 46.3. The van der Waals surface area contributed by atoms with Crippen LogP contribution >= 0.6 is 0 Å². The summed E-state index contributed by atoms with van der Waals surface area (Å²) in [4.78, 5) is 0. The molecule has 0 bridgehead atoms. The van der Waals surface area contributed by atoms with E-state index < -0.39 is 0 Å². The molecule has 32 heavy (non-hydrogen) atoms. The number of hydrogen-bond donors (Lipinski definition) is 1. The Bertz CT molecular complexity index is 722. The Morgan fingerprint density at radius 3 is 2.47 bits per heavy atom. The molecule has 0 spiro atoms. The van der Waals surface area contributed by atoms with Gasteiger partial charge in [0.1, 0.15) is 0 Å². The molecule has 1 aliphatic heterocycles. The summed E-state index contributed by atoms with van der Waals surface area (Å²) < 4.78 is 12.3. The number of rotatable bonds is 5. The molecule has 4 aliphatic carbocycles. The van der Waals surface area contributed by atoms with Gasteiger partial charge in [-0.3, -0.25) is 0 Å². The highest BCUT2D eigenvalue weighted by atomic mass is 16.7. The molecule has 8 atom stereocenters. The van der Waals surface area contributed by atoms with Crippen LogP contribution in [0, 0.1) is 46.3 Å². The monoisotopic (exact) mass is 444 g/mol. The molecule has 0 aromatic heterocycles. The van der Waals surface area contributed by atoms with Gasteiger partial charge in [-0.15, -0.1) is 0 Å². The first kappa shape index (κ1) is 23.4. The van der Waals surface area contributed by atoms with Crippen LogP contribution in [0.2, 0.25) is 0 Å². The predicted molar refractivity (Wildman–Crippen MR) is 129 cm³/mol. The smallest absolute Gasteiger partial charge is 0.170 e. The average molecular weight is 445 g/mol. The maximum absolute atomic E-state index is 10.3. The number of aliphatic hydroxyl groups is 1. The van der Waals surface area contributed by atoms with Crippen LogP contribution in [0.5, 0.6) is 0 Å². The van der Waals surface area contributed by atoms with Crippen molar-refractivity contribution in [3.05, 3.63) is 11.6 Å². The maximum atomic E-state index is 10.3. The van der Waals surface area contributed by atoms with Crippen molar-refractivity contribution in [2.45, 2.75) is 111 Å². The van der Waals surface area contributed by atoms with Crippen molar-refractivity contribution in [1.82, 2.24) is 0 Å². The Labute approximate surface area is 196 Å². The topological polar surface area (TPSA) is 38.7 Å². The standard InChI is InChI=1S/C29H48O3/c1-19(2)29(31-16-17-32-29)15-10-20(3)24-8-9-25-23-7-6-21-18-22(30)11-13-27(21,4)26(23)12-14-28(24,25)5/h6,19-20,22-26,30H,7-18H2,1-5H3/t20-,22?,23+,24-,25+,26+,27+,28-/m1/s1. The van der Waals surface area contributed by atoms with Crippen molar-refractivity contribution in [3.63, 3.8) is 0 Å². The molecule has 182 valence electrons. The Balaban J connectivity index is 1.30. The number of allylic oxidation sites excluding steroid dienone is 1. The van der Waals surface area contributed by atoms with Gasteiger partial charge >= 0.3 is 0 Å². The number of aliphatic hydroxyl groups excluding tert-OH is 1. The second-order valence-corrected chi connectivity index (χ2v) is 13.1. The fourth-order valence-electron chi connectivity index (χ4n) is 9.48. The summed E-state index contributed by atoms with van der Waals surface area (Å²) in [5.74, 6) is 4.23. The van der Waals surface area contributed by atoms with E-state index in [1.54, 1.807) is 5.57 Å². The van der Waals surface area contributed by atoms with Crippen molar-refractivity contribution in [2.75, 3.05) is 13.2 Å². The molecule has 1 N–H and O–H groups in total. The van der Waals surface area contributed by atoms with Gasteiger partial charge in [0.05, 0.1) is 19.3 Å². The van der Waals surface area contributed by atoms with Crippen molar-refractivity contribution >= 4 is 0 Å². The molecule has 0 aromatic carbocycles. The second kappa shape index (κ2) is 8.38. The minimum Gasteiger partial charge on any atom is -0.393 e. The van der Waals surface area contributed by atoms with E-state index in [1.165, 1.54) is 44.9 Å². The molecular formula is C29H48O3. The van der Waals surface area contributed by atoms with Crippen LogP contribution in [-0.4, -0.2) is 30.2 Å². The molecule has 5 rings (SSSR count). The van der Waals surface area contributed by atoms with Crippen LogP contribution < -0.4 is 0 Å². The molecule has 1 saturated heterocycles. The zero-order chi connectivity index (χ0) is 22.7. The van der Waals surface area contributed by atoms with Gasteiger partial charge in [0.15, 0.2) is 5.79 Å². The van der Waals surface area contributed by atoms with Gasteiger partial charge in [0.2, 0.25) is 0 Å². The first-order chi connectivity index (χ1) is 15.2. The van der Waals surface area contributed by atoms with Gasteiger partial charge in [-0.2, -0.15) is 0 Å². The molecule has 5 aliphatic rings. The summed E-state index contributed by atoms with van der Waals surface area (Å²) in [6.07, 6.45) is 14.8. The molecule has 1 heterocycles. The molecule has 0 aromatic rings. The van der Waals surface area contributed by atoms with Crippen molar-refractivity contribution < 1.29 is 14.6 Å². The number of fused-ring (bicyclic) bond motifs is 5. The first-order valence-electron chi connectivity index (χ1n) is 13.8. The Morgan fingerprint density at radius 2 is 1.75 bits per heavy atom. The van der Waals surface area contributed by atoms with E-state index in [9.17, 15) is 5.11 Å². The first-order valence-corrected chi connectivity index (χ1v) is 13.8. The van der Waals surface area contributed by atoms with Crippen LogP contribution in [0.4, 0.5) is 0 Å². The van der Waals surface area contributed by atoms with Gasteiger partial charge in [0, 0.05) is 12.3 Å². The second-order valence-electron chi connectivity index (χ2n) is 13.1. The Kier molecular flexibility index (Phi) is 6.12. The molecule has 3 saturated carbocycles. The van der Waals surface area contributed by atoms with E-state index in [1.807, 2.05) is 0 Å². The van der Waals surface area contributed by atoms with Crippen LogP contribution in [-0.2, 0) is 9.47 Å². The third kappa shape index (κ3) is 3.55. The summed E-state index contributed by atoms with van der Waals surface area (Å²) in [5.41, 5.74) is 2.45. The van der Waals surface area contributed by atoms with E-state index in [0.717, 1.165) is 62.1 Å². The lowest BCUT2D eigenvalue weighted by Crippen LogP contribution is -2.50. The third-order valence-electron chi connectivity index (χ3n) is 11.4. The third-order valence-corrected chi connectivity index (χ3v) is 11.4. The van der Waals surface area contributed by atoms with E-state index >= 15 is 0 Å². The molecule has 3 nitrogen and oxygen atoms in total. The van der Waals surface area contributed by atoms with Crippen LogP contribution in [0.25, 0.3) is 0 Å². The molecule has 1 unspecified atom stereocenters. The zero-order valence-corrected chi connectivity index (χ0v) is 21.4. The molecule has 0 radical (unpaired) electrons. The molecule has 4 fully saturated rings. The fraction of sp³-hybridized carbons (Fsp3) is 0.931. The quantitative estimate of drug-likeness (QED) is 0.477. The molecule has 3 heteroatoms. The van der Waals surface area contributed by atoms with E-state index in [2.05, 4.69) is 40.7 Å². The van der Waals surface area contributed by atoms with Gasteiger partial charge in [-0.1, -0.05) is 46.3 Å². The van der Waals surface area contributed by atoms with Crippen LogP contribution in [0.1, 0.15) is 98.8 Å². The highest BCUT2D eigenvalue weighted by Gasteiger charge is 2.59. The van der Waals surface area contributed by atoms with Gasteiger partial charge in [-0.05, 0) is 98.2 Å². The van der Waals surface area contributed by atoms with Crippen molar-refractivity contribution in [2.24, 2.45) is 46.3 Å².